The molecule has 1 atom stereocenters. The molecule has 2 aliphatic rings. The first kappa shape index (κ1) is 12.0. The van der Waals surface area contributed by atoms with Crippen LogP contribution in [0.5, 0.6) is 5.75 Å². The van der Waals surface area contributed by atoms with E-state index in [1.54, 1.807) is 19.9 Å². The molecule has 1 aromatic carbocycles. The van der Waals surface area contributed by atoms with Crippen LogP contribution in [0.15, 0.2) is 11.6 Å². The van der Waals surface area contributed by atoms with Crippen LogP contribution < -0.4 is 0 Å². The molecule has 1 aliphatic heterocycles. The predicted molar refractivity (Wildman–Crippen MR) is 69.1 cm³/mol. The van der Waals surface area contributed by atoms with Gasteiger partial charge in [0.1, 0.15) is 11.5 Å². The van der Waals surface area contributed by atoms with Crippen LogP contribution in [0.4, 0.5) is 0 Å². The summed E-state index contributed by atoms with van der Waals surface area (Å²) >= 11 is 0. The molecule has 4 nitrogen and oxygen atoms in total. The summed E-state index contributed by atoms with van der Waals surface area (Å²) in [6.45, 7) is 5.68. The molecule has 98 valence electrons. The normalized spacial score (nSPS) is 21.3. The first-order valence-corrected chi connectivity index (χ1v) is 6.23. The summed E-state index contributed by atoms with van der Waals surface area (Å²) in [4.78, 5) is 24.2. The Balaban J connectivity index is 2.47. The zero-order valence-corrected chi connectivity index (χ0v) is 11.0. The molecule has 1 heterocycles. The quantitative estimate of drug-likeness (QED) is 0.725. The topological polar surface area (TPSA) is 63.6 Å². The van der Waals surface area contributed by atoms with E-state index in [2.05, 4.69) is 0 Å². The molecule has 19 heavy (non-hydrogen) atoms. The van der Waals surface area contributed by atoms with Crippen molar-refractivity contribution in [3.05, 3.63) is 33.9 Å². The van der Waals surface area contributed by atoms with Crippen molar-refractivity contribution >= 4 is 17.3 Å². The maximum Gasteiger partial charge on any atom is 0.234 e. The lowest BCUT2D eigenvalue weighted by Crippen LogP contribution is -2.29. The van der Waals surface area contributed by atoms with Crippen molar-refractivity contribution in [1.82, 2.24) is 0 Å². The number of carbonyl (C=O) groups is 2. The second kappa shape index (κ2) is 3.70. The van der Waals surface area contributed by atoms with Gasteiger partial charge in [-0.2, -0.15) is 0 Å². The first-order chi connectivity index (χ1) is 8.93. The molecule has 1 aromatic rings. The van der Waals surface area contributed by atoms with Crippen LogP contribution in [-0.4, -0.2) is 23.3 Å². The molecule has 0 amide bonds. The smallest absolute Gasteiger partial charge is 0.234 e. The average molecular weight is 258 g/mol. The van der Waals surface area contributed by atoms with Gasteiger partial charge in [0, 0.05) is 28.2 Å². The van der Waals surface area contributed by atoms with E-state index in [-0.39, 0.29) is 11.7 Å². The van der Waals surface area contributed by atoms with Crippen LogP contribution in [0.25, 0.3) is 5.76 Å². The molecule has 0 radical (unpaired) electrons. The lowest BCUT2D eigenvalue weighted by molar-refractivity contribution is -0.112. The Labute approximate surface area is 110 Å². The summed E-state index contributed by atoms with van der Waals surface area (Å²) < 4.78 is 5.65. The summed E-state index contributed by atoms with van der Waals surface area (Å²) in [5, 5.41) is 9.96. The van der Waals surface area contributed by atoms with Gasteiger partial charge < -0.3 is 9.84 Å². The van der Waals surface area contributed by atoms with Crippen molar-refractivity contribution in [3.63, 3.8) is 0 Å². The van der Waals surface area contributed by atoms with Gasteiger partial charge in [0.05, 0.1) is 6.61 Å². The molecule has 1 N–H and O–H groups in total. The molecule has 0 aromatic heterocycles. The van der Waals surface area contributed by atoms with Gasteiger partial charge >= 0.3 is 0 Å². The van der Waals surface area contributed by atoms with Gasteiger partial charge in [0.25, 0.3) is 0 Å². The summed E-state index contributed by atoms with van der Waals surface area (Å²) in [6, 6.07) is 1.68. The number of hydrogen-bond donors (Lipinski definition) is 1. The second-order valence-corrected chi connectivity index (χ2v) is 5.18. The highest BCUT2D eigenvalue weighted by atomic mass is 16.5. The number of carbonyl (C=O) groups excluding carboxylic acids is 2. The van der Waals surface area contributed by atoms with Crippen molar-refractivity contribution < 1.29 is 19.4 Å². The van der Waals surface area contributed by atoms with E-state index in [0.29, 0.717) is 34.6 Å². The second-order valence-electron chi connectivity index (χ2n) is 5.18. The number of benzene rings is 1. The van der Waals surface area contributed by atoms with Gasteiger partial charge in [-0.05, 0) is 25.5 Å². The summed E-state index contributed by atoms with van der Waals surface area (Å²) in [7, 11) is 0. The van der Waals surface area contributed by atoms with Crippen molar-refractivity contribution in [2.75, 3.05) is 6.61 Å². The van der Waals surface area contributed by atoms with Gasteiger partial charge in [-0.1, -0.05) is 6.92 Å². The van der Waals surface area contributed by atoms with E-state index in [0.717, 1.165) is 5.56 Å². The summed E-state index contributed by atoms with van der Waals surface area (Å²) in [5.41, 5.74) is 2.67. The van der Waals surface area contributed by atoms with Gasteiger partial charge in [0.15, 0.2) is 0 Å². The molecule has 0 saturated carbocycles. The Morgan fingerprint density at radius 2 is 1.89 bits per heavy atom. The highest BCUT2D eigenvalue weighted by Crippen LogP contribution is 2.43. The molecule has 1 unspecified atom stereocenters. The standard InChI is InChI=1S/C15H14O4/c1-6-5-19-15-8(3)13(17)14(18)11-7(2)10(16)4-9(6)12(11)15/h4,6,16H,5H2,1-3H3. The van der Waals surface area contributed by atoms with E-state index < -0.39 is 11.6 Å². The number of hydrogen-bond acceptors (Lipinski definition) is 4. The average Bonchev–Trinajstić information content (AvgIpc) is 2.38. The Bertz CT molecular complexity index is 667. The lowest BCUT2D eigenvalue weighted by atomic mass is 9.79. The van der Waals surface area contributed by atoms with E-state index in [4.69, 9.17) is 4.74 Å². The summed E-state index contributed by atoms with van der Waals surface area (Å²) in [5.74, 6) is -0.462. The van der Waals surface area contributed by atoms with Crippen LogP contribution in [-0.2, 0) is 9.53 Å². The summed E-state index contributed by atoms with van der Waals surface area (Å²) in [6.07, 6.45) is 0. The largest absolute Gasteiger partial charge is 0.508 e. The molecule has 0 bridgehead atoms. The first-order valence-electron chi connectivity index (χ1n) is 6.23. The fourth-order valence-electron chi connectivity index (χ4n) is 2.76. The molecule has 0 spiro atoms. The number of rotatable bonds is 0. The molecule has 1 aliphatic carbocycles. The fourth-order valence-corrected chi connectivity index (χ4v) is 2.76. The molecular formula is C15H14O4. The van der Waals surface area contributed by atoms with Crippen LogP contribution in [0.3, 0.4) is 0 Å². The molecular weight excluding hydrogens is 244 g/mol. The monoisotopic (exact) mass is 258 g/mol. The zero-order valence-electron chi connectivity index (χ0n) is 11.0. The number of phenolic OH excluding ortho intramolecular Hbond substituents is 1. The van der Waals surface area contributed by atoms with Gasteiger partial charge in [-0.25, -0.2) is 0 Å². The Hall–Kier alpha value is -2.10. The third-order valence-electron chi connectivity index (χ3n) is 3.94. The Morgan fingerprint density at radius 1 is 1.21 bits per heavy atom. The molecule has 0 saturated heterocycles. The Morgan fingerprint density at radius 3 is 2.58 bits per heavy atom. The van der Waals surface area contributed by atoms with Gasteiger partial charge in [-0.3, -0.25) is 9.59 Å². The van der Waals surface area contributed by atoms with Crippen molar-refractivity contribution in [3.8, 4) is 5.75 Å². The maximum absolute atomic E-state index is 12.2. The minimum absolute atomic E-state index is 0.0579. The highest BCUT2D eigenvalue weighted by Gasteiger charge is 2.38. The van der Waals surface area contributed by atoms with E-state index in [9.17, 15) is 14.7 Å². The number of aromatic hydroxyl groups is 1. The van der Waals surface area contributed by atoms with E-state index in [1.807, 2.05) is 6.92 Å². The predicted octanol–water partition coefficient (Wildman–Crippen LogP) is 2.33. The highest BCUT2D eigenvalue weighted by molar-refractivity contribution is 6.52. The number of ketones is 2. The minimum atomic E-state index is -0.552. The number of phenols is 1. The van der Waals surface area contributed by atoms with Crippen LogP contribution in [0.1, 0.15) is 46.8 Å². The third kappa shape index (κ3) is 1.40. The van der Waals surface area contributed by atoms with Crippen molar-refractivity contribution in [1.29, 1.82) is 0 Å². The molecule has 0 fully saturated rings. The third-order valence-corrected chi connectivity index (χ3v) is 3.94. The van der Waals surface area contributed by atoms with Crippen LogP contribution >= 0.6 is 0 Å². The van der Waals surface area contributed by atoms with E-state index >= 15 is 0 Å². The maximum atomic E-state index is 12.2. The fraction of sp³-hybridized carbons (Fsp3) is 0.333. The van der Waals surface area contributed by atoms with Crippen LogP contribution in [0, 0.1) is 6.92 Å². The minimum Gasteiger partial charge on any atom is -0.508 e. The zero-order chi connectivity index (χ0) is 13.9. The molecule has 4 heteroatoms. The number of ether oxygens (including phenoxy) is 1. The number of allylic oxidation sites excluding steroid dienone is 1. The van der Waals surface area contributed by atoms with Crippen LogP contribution in [0.2, 0.25) is 0 Å². The van der Waals surface area contributed by atoms with Crippen molar-refractivity contribution in [2.45, 2.75) is 26.7 Å². The lowest BCUT2D eigenvalue weighted by Gasteiger charge is -2.31. The Kier molecular flexibility index (Phi) is 2.33. The van der Waals surface area contributed by atoms with Crippen molar-refractivity contribution in [2.24, 2.45) is 0 Å². The SMILES string of the molecule is CC1=C2OCC(C)c3cc(O)c(C)c(c32)C(=O)C1=O. The van der Waals surface area contributed by atoms with E-state index in [1.165, 1.54) is 0 Å². The molecule has 3 rings (SSSR count). The van der Waals surface area contributed by atoms with Gasteiger partial charge in [0.2, 0.25) is 11.6 Å². The van der Waals surface area contributed by atoms with Gasteiger partial charge in [-0.15, -0.1) is 0 Å². The number of Topliss-reactive ketones (excluding diaryl/α,β-unsaturated/α-hetero) is 2.